The molecule has 0 saturated carbocycles. The summed E-state index contributed by atoms with van der Waals surface area (Å²) in [5, 5.41) is 10.0. The Balaban J connectivity index is 1.51. The average molecular weight is 346 g/mol. The minimum absolute atomic E-state index is 0.123. The number of thiazole rings is 1. The number of nitrogens with one attached hydrogen (secondary N) is 1. The number of rotatable bonds is 5. The van der Waals surface area contributed by atoms with Gasteiger partial charge in [-0.05, 0) is 24.3 Å². The molecule has 5 nitrogen and oxygen atoms in total. The number of H-pyrrole nitrogens is 1. The van der Waals surface area contributed by atoms with Crippen LogP contribution in [0.2, 0.25) is 0 Å². The molecule has 4 rings (SSSR count). The zero-order valence-electron chi connectivity index (χ0n) is 13.3. The molecule has 0 aliphatic heterocycles. The number of fused-ring (bicyclic) bond motifs is 2. The molecule has 0 aliphatic rings. The van der Waals surface area contributed by atoms with E-state index in [0.29, 0.717) is 11.4 Å². The van der Waals surface area contributed by atoms with E-state index in [4.69, 9.17) is 0 Å². The number of aryl methyl sites for hydroxylation is 1. The van der Waals surface area contributed by atoms with Gasteiger partial charge in [0.25, 0.3) is 0 Å². The quantitative estimate of drug-likeness (QED) is 0.592. The predicted octanol–water partition coefficient (Wildman–Crippen LogP) is 3.98. The molecule has 122 valence electrons. The predicted molar refractivity (Wildman–Crippen MR) is 97.4 cm³/mol. The number of nitriles is 1. The summed E-state index contributed by atoms with van der Waals surface area (Å²) < 4.78 is 0.989. The van der Waals surface area contributed by atoms with Crippen molar-refractivity contribution in [1.82, 2.24) is 15.0 Å². The lowest BCUT2D eigenvalue weighted by Gasteiger charge is -2.03. The van der Waals surface area contributed by atoms with Crippen LogP contribution in [-0.2, 0) is 11.2 Å². The molecule has 4 aromatic rings. The number of carbonyl (C=O) groups excluding carboxylic acids is 1. The second kappa shape index (κ2) is 6.46. The molecule has 0 radical (unpaired) electrons. The number of aromatic nitrogens is 3. The summed E-state index contributed by atoms with van der Waals surface area (Å²) in [6.45, 7) is 0. The van der Waals surface area contributed by atoms with Crippen molar-refractivity contribution < 1.29 is 4.79 Å². The van der Waals surface area contributed by atoms with E-state index in [1.807, 2.05) is 48.5 Å². The first kappa shape index (κ1) is 15.5. The summed E-state index contributed by atoms with van der Waals surface area (Å²) in [6, 6.07) is 17.5. The normalized spacial score (nSPS) is 12.3. The van der Waals surface area contributed by atoms with Gasteiger partial charge in [-0.25, -0.2) is 9.97 Å². The maximum atomic E-state index is 12.5. The van der Waals surface area contributed by atoms with Gasteiger partial charge in [-0.3, -0.25) is 4.79 Å². The zero-order valence-corrected chi connectivity index (χ0v) is 14.1. The Kier molecular flexibility index (Phi) is 4.00. The van der Waals surface area contributed by atoms with Crippen molar-refractivity contribution >= 4 is 38.4 Å². The van der Waals surface area contributed by atoms with Gasteiger partial charge in [0.2, 0.25) is 0 Å². The fourth-order valence-electron chi connectivity index (χ4n) is 2.79. The molecule has 2 aromatic heterocycles. The Labute approximate surface area is 148 Å². The van der Waals surface area contributed by atoms with Crippen LogP contribution in [0.5, 0.6) is 0 Å². The molecule has 2 aromatic carbocycles. The first-order valence-corrected chi connectivity index (χ1v) is 8.77. The third-order valence-electron chi connectivity index (χ3n) is 4.06. The summed E-state index contributed by atoms with van der Waals surface area (Å²) in [5.41, 5.74) is 2.66. The first-order chi connectivity index (χ1) is 12.2. The lowest BCUT2D eigenvalue weighted by atomic mass is 10.0. The van der Waals surface area contributed by atoms with Crippen LogP contribution in [0, 0.1) is 11.3 Å². The molecule has 1 atom stereocenters. The lowest BCUT2D eigenvalue weighted by Crippen LogP contribution is -2.11. The smallest absolute Gasteiger partial charge is 0.157 e. The molecule has 1 N–H and O–H groups in total. The number of carbonyl (C=O) groups is 1. The molecule has 25 heavy (non-hydrogen) atoms. The Bertz CT molecular complexity index is 1040. The fourth-order valence-corrected chi connectivity index (χ4v) is 3.82. The number of Topliss-reactive ketones (excluding diaryl/α,β-unsaturated/α-hetero) is 1. The Hall–Kier alpha value is -3.04. The molecule has 0 fully saturated rings. The minimum Gasteiger partial charge on any atom is -0.342 e. The van der Waals surface area contributed by atoms with Gasteiger partial charge in [-0.1, -0.05) is 24.3 Å². The summed E-state index contributed by atoms with van der Waals surface area (Å²) in [4.78, 5) is 24.7. The van der Waals surface area contributed by atoms with Crippen molar-refractivity contribution in [1.29, 1.82) is 5.26 Å². The average Bonchev–Trinajstić information content (AvgIpc) is 3.23. The number of benzene rings is 2. The topological polar surface area (TPSA) is 82.4 Å². The van der Waals surface area contributed by atoms with E-state index >= 15 is 0 Å². The van der Waals surface area contributed by atoms with E-state index in [2.05, 4.69) is 21.0 Å². The standard InChI is InChI=1S/C19H14N4OS/c20-11-12(19-23-15-7-3-4-8-17(15)25-19)16(24)9-10-18-21-13-5-1-2-6-14(13)22-18/h1-8,12H,9-10H2,(H,21,22). The van der Waals surface area contributed by atoms with Crippen molar-refractivity contribution in [3.05, 3.63) is 59.4 Å². The summed E-state index contributed by atoms with van der Waals surface area (Å²) in [5.74, 6) is -0.181. The van der Waals surface area contributed by atoms with E-state index in [-0.39, 0.29) is 12.2 Å². The van der Waals surface area contributed by atoms with Crippen LogP contribution in [-0.4, -0.2) is 20.7 Å². The van der Waals surface area contributed by atoms with Gasteiger partial charge in [0.1, 0.15) is 10.8 Å². The minimum atomic E-state index is -0.818. The van der Waals surface area contributed by atoms with Crippen LogP contribution in [0.1, 0.15) is 23.2 Å². The van der Waals surface area contributed by atoms with E-state index in [1.165, 1.54) is 11.3 Å². The highest BCUT2D eigenvalue weighted by Crippen LogP contribution is 2.28. The summed E-state index contributed by atoms with van der Waals surface area (Å²) >= 11 is 1.41. The highest BCUT2D eigenvalue weighted by atomic mass is 32.1. The third-order valence-corrected chi connectivity index (χ3v) is 5.16. The van der Waals surface area contributed by atoms with E-state index in [0.717, 1.165) is 27.1 Å². The van der Waals surface area contributed by atoms with Crippen LogP contribution in [0.25, 0.3) is 21.3 Å². The number of hydrogen-bond donors (Lipinski definition) is 1. The van der Waals surface area contributed by atoms with Gasteiger partial charge in [0, 0.05) is 12.8 Å². The molecular weight excluding hydrogens is 332 g/mol. The molecule has 0 bridgehead atoms. The number of nitrogens with zero attached hydrogens (tertiary/aromatic N) is 3. The second-order valence-electron chi connectivity index (χ2n) is 5.75. The van der Waals surface area contributed by atoms with Crippen molar-refractivity contribution in [3.8, 4) is 6.07 Å². The number of imidazole rings is 1. The summed E-state index contributed by atoms with van der Waals surface area (Å²) in [7, 11) is 0. The largest absolute Gasteiger partial charge is 0.342 e. The van der Waals surface area contributed by atoms with Gasteiger partial charge >= 0.3 is 0 Å². The van der Waals surface area contributed by atoms with Crippen molar-refractivity contribution in [2.24, 2.45) is 0 Å². The maximum absolute atomic E-state index is 12.5. The Morgan fingerprint density at radius 3 is 2.64 bits per heavy atom. The zero-order chi connectivity index (χ0) is 17.2. The van der Waals surface area contributed by atoms with Crippen LogP contribution < -0.4 is 0 Å². The maximum Gasteiger partial charge on any atom is 0.157 e. The SMILES string of the molecule is N#CC(C(=O)CCc1nc2ccccc2[nH]1)c1nc2ccccc2s1. The van der Waals surface area contributed by atoms with Gasteiger partial charge in [-0.15, -0.1) is 11.3 Å². The third kappa shape index (κ3) is 3.02. The van der Waals surface area contributed by atoms with Crippen molar-refractivity contribution in [3.63, 3.8) is 0 Å². The van der Waals surface area contributed by atoms with Crippen LogP contribution in [0.3, 0.4) is 0 Å². The van der Waals surface area contributed by atoms with Gasteiger partial charge < -0.3 is 4.98 Å². The Morgan fingerprint density at radius 2 is 1.88 bits per heavy atom. The van der Waals surface area contributed by atoms with Crippen LogP contribution in [0.4, 0.5) is 0 Å². The van der Waals surface area contributed by atoms with E-state index in [9.17, 15) is 10.1 Å². The lowest BCUT2D eigenvalue weighted by molar-refractivity contribution is -0.119. The van der Waals surface area contributed by atoms with Gasteiger partial charge in [-0.2, -0.15) is 5.26 Å². The highest BCUT2D eigenvalue weighted by molar-refractivity contribution is 7.18. The molecule has 1 unspecified atom stereocenters. The molecule has 6 heteroatoms. The number of hydrogen-bond acceptors (Lipinski definition) is 5. The first-order valence-electron chi connectivity index (χ1n) is 7.96. The van der Waals surface area contributed by atoms with Crippen molar-refractivity contribution in [2.45, 2.75) is 18.8 Å². The highest BCUT2D eigenvalue weighted by Gasteiger charge is 2.24. The molecule has 2 heterocycles. The van der Waals surface area contributed by atoms with Crippen molar-refractivity contribution in [2.75, 3.05) is 0 Å². The van der Waals surface area contributed by atoms with E-state index < -0.39 is 5.92 Å². The number of para-hydroxylation sites is 3. The molecule has 0 spiro atoms. The second-order valence-corrected chi connectivity index (χ2v) is 6.81. The molecule has 0 saturated heterocycles. The Morgan fingerprint density at radius 1 is 1.12 bits per heavy atom. The summed E-state index contributed by atoms with van der Waals surface area (Å²) in [6.07, 6.45) is 0.741. The molecule has 0 aliphatic carbocycles. The van der Waals surface area contributed by atoms with Gasteiger partial charge in [0.15, 0.2) is 11.7 Å². The van der Waals surface area contributed by atoms with E-state index in [1.54, 1.807) is 0 Å². The number of ketones is 1. The van der Waals surface area contributed by atoms with Crippen LogP contribution in [0.15, 0.2) is 48.5 Å². The monoisotopic (exact) mass is 346 g/mol. The fraction of sp³-hybridized carbons (Fsp3) is 0.158. The number of aromatic amines is 1. The van der Waals surface area contributed by atoms with Gasteiger partial charge in [0.05, 0.1) is 27.3 Å². The molecule has 0 amide bonds. The van der Waals surface area contributed by atoms with Crippen LogP contribution >= 0.6 is 11.3 Å². The molecular formula is C19H14N4OS.